The van der Waals surface area contributed by atoms with Gasteiger partial charge in [0, 0.05) is 24.7 Å². The van der Waals surface area contributed by atoms with Crippen LogP contribution in [0.1, 0.15) is 32.6 Å². The highest BCUT2D eigenvalue weighted by molar-refractivity contribution is 4.88. The van der Waals surface area contributed by atoms with Gasteiger partial charge in [0.15, 0.2) is 0 Å². The molecule has 3 unspecified atom stereocenters. The number of nitrogens with zero attached hydrogens (tertiary/aromatic N) is 1. The Bertz CT molecular complexity index is 180. The zero-order valence-corrected chi connectivity index (χ0v) is 9.11. The predicted molar refractivity (Wildman–Crippen MR) is 57.2 cm³/mol. The summed E-state index contributed by atoms with van der Waals surface area (Å²) in [6.45, 7) is 5.27. The maximum absolute atomic E-state index is 5.96. The van der Waals surface area contributed by atoms with E-state index < -0.39 is 0 Å². The van der Waals surface area contributed by atoms with Gasteiger partial charge in [0.2, 0.25) is 0 Å². The Kier molecular flexibility index (Phi) is 3.42. The van der Waals surface area contributed by atoms with Crippen LogP contribution < -0.4 is 5.73 Å². The van der Waals surface area contributed by atoms with Gasteiger partial charge in [-0.05, 0) is 32.2 Å². The Morgan fingerprint density at radius 2 is 2.14 bits per heavy atom. The van der Waals surface area contributed by atoms with Crippen molar-refractivity contribution in [1.82, 2.24) is 4.90 Å². The summed E-state index contributed by atoms with van der Waals surface area (Å²) in [7, 11) is 0. The summed E-state index contributed by atoms with van der Waals surface area (Å²) in [5, 5.41) is 0. The molecule has 0 aromatic heterocycles. The summed E-state index contributed by atoms with van der Waals surface area (Å²) >= 11 is 0. The quantitative estimate of drug-likeness (QED) is 0.734. The third kappa shape index (κ3) is 2.10. The molecular formula is C11H22N2O. The monoisotopic (exact) mass is 198 g/mol. The first kappa shape index (κ1) is 10.4. The average molecular weight is 198 g/mol. The fraction of sp³-hybridized carbons (Fsp3) is 1.00. The molecule has 2 fully saturated rings. The smallest absolute Gasteiger partial charge is 0.0622 e. The fourth-order valence-electron chi connectivity index (χ4n) is 2.89. The largest absolute Gasteiger partial charge is 0.380 e. The average Bonchev–Trinajstić information content (AvgIpc) is 2.79. The molecule has 14 heavy (non-hydrogen) atoms. The molecule has 0 spiro atoms. The molecule has 82 valence electrons. The van der Waals surface area contributed by atoms with E-state index in [1.165, 1.54) is 25.7 Å². The molecule has 1 saturated carbocycles. The third-order valence-corrected chi connectivity index (χ3v) is 3.65. The van der Waals surface area contributed by atoms with Crippen molar-refractivity contribution in [2.45, 2.75) is 50.7 Å². The number of ether oxygens (including phenoxy) is 1. The van der Waals surface area contributed by atoms with Gasteiger partial charge >= 0.3 is 0 Å². The van der Waals surface area contributed by atoms with E-state index in [1.54, 1.807) is 0 Å². The van der Waals surface area contributed by atoms with E-state index in [0.717, 1.165) is 25.8 Å². The number of nitrogens with two attached hydrogens (primary N) is 1. The van der Waals surface area contributed by atoms with Gasteiger partial charge in [-0.25, -0.2) is 0 Å². The van der Waals surface area contributed by atoms with Crippen LogP contribution in [0.15, 0.2) is 0 Å². The molecule has 2 N–H and O–H groups in total. The molecule has 0 radical (unpaired) electrons. The van der Waals surface area contributed by atoms with E-state index in [2.05, 4.69) is 11.8 Å². The number of rotatable bonds is 3. The molecule has 0 amide bonds. The molecule has 1 aliphatic heterocycles. The van der Waals surface area contributed by atoms with E-state index in [-0.39, 0.29) is 0 Å². The first-order chi connectivity index (χ1) is 6.81. The molecule has 3 heteroatoms. The van der Waals surface area contributed by atoms with Crippen molar-refractivity contribution in [2.75, 3.05) is 19.8 Å². The Morgan fingerprint density at radius 3 is 2.64 bits per heavy atom. The summed E-state index contributed by atoms with van der Waals surface area (Å²) in [6.07, 6.45) is 4.88. The lowest BCUT2D eigenvalue weighted by Gasteiger charge is -2.32. The van der Waals surface area contributed by atoms with Crippen molar-refractivity contribution in [1.29, 1.82) is 0 Å². The van der Waals surface area contributed by atoms with Crippen LogP contribution in [0.2, 0.25) is 0 Å². The molecule has 3 atom stereocenters. The fourth-order valence-corrected chi connectivity index (χ4v) is 2.89. The summed E-state index contributed by atoms with van der Waals surface area (Å²) in [4.78, 5) is 2.61. The summed E-state index contributed by atoms with van der Waals surface area (Å²) in [6, 6.07) is 1.83. The molecule has 0 aromatic rings. The van der Waals surface area contributed by atoms with Crippen LogP contribution in [0.25, 0.3) is 0 Å². The van der Waals surface area contributed by atoms with Gasteiger partial charge < -0.3 is 10.5 Å². The van der Waals surface area contributed by atoms with Gasteiger partial charge in [0.25, 0.3) is 0 Å². The van der Waals surface area contributed by atoms with Gasteiger partial charge in [-0.2, -0.15) is 0 Å². The van der Waals surface area contributed by atoms with Crippen molar-refractivity contribution in [3.8, 4) is 0 Å². The number of likely N-dealkylation sites (N-methyl/N-ethyl adjacent to an activating group) is 1. The second kappa shape index (κ2) is 4.60. The molecule has 1 heterocycles. The standard InChI is InChI=1S/C11H22N2O/c1-2-13(11-5-6-14-8-11)10-4-3-9(12)7-10/h9-11H,2-8,12H2,1H3. The minimum Gasteiger partial charge on any atom is -0.380 e. The van der Waals surface area contributed by atoms with Gasteiger partial charge in [-0.15, -0.1) is 0 Å². The van der Waals surface area contributed by atoms with Crippen molar-refractivity contribution in [3.63, 3.8) is 0 Å². The molecular weight excluding hydrogens is 176 g/mol. The summed E-state index contributed by atoms with van der Waals surface area (Å²) in [5.74, 6) is 0. The van der Waals surface area contributed by atoms with Crippen LogP contribution in [0, 0.1) is 0 Å². The van der Waals surface area contributed by atoms with Crippen molar-refractivity contribution in [3.05, 3.63) is 0 Å². The lowest BCUT2D eigenvalue weighted by atomic mass is 10.1. The third-order valence-electron chi connectivity index (χ3n) is 3.65. The van der Waals surface area contributed by atoms with Crippen LogP contribution in [-0.4, -0.2) is 42.8 Å². The first-order valence-electron chi connectivity index (χ1n) is 5.90. The van der Waals surface area contributed by atoms with Crippen LogP contribution in [0.3, 0.4) is 0 Å². The Labute approximate surface area is 86.6 Å². The van der Waals surface area contributed by atoms with Crippen LogP contribution >= 0.6 is 0 Å². The van der Waals surface area contributed by atoms with E-state index in [0.29, 0.717) is 12.1 Å². The lowest BCUT2D eigenvalue weighted by Crippen LogP contribution is -2.42. The van der Waals surface area contributed by atoms with E-state index in [9.17, 15) is 0 Å². The minimum absolute atomic E-state index is 0.441. The minimum atomic E-state index is 0.441. The van der Waals surface area contributed by atoms with Gasteiger partial charge in [0.05, 0.1) is 6.61 Å². The van der Waals surface area contributed by atoms with Gasteiger partial charge in [-0.1, -0.05) is 6.92 Å². The molecule has 1 saturated heterocycles. The zero-order chi connectivity index (χ0) is 9.97. The van der Waals surface area contributed by atoms with Crippen LogP contribution in [0.5, 0.6) is 0 Å². The second-order valence-corrected chi connectivity index (χ2v) is 4.57. The Balaban J connectivity index is 1.91. The van der Waals surface area contributed by atoms with E-state index in [1.807, 2.05) is 0 Å². The predicted octanol–water partition coefficient (Wildman–Crippen LogP) is 0.977. The zero-order valence-electron chi connectivity index (χ0n) is 9.11. The normalized spacial score (nSPS) is 38.4. The Hall–Kier alpha value is -0.120. The summed E-state index contributed by atoms with van der Waals surface area (Å²) < 4.78 is 5.45. The van der Waals surface area contributed by atoms with E-state index in [4.69, 9.17) is 10.5 Å². The van der Waals surface area contributed by atoms with Crippen molar-refractivity contribution >= 4 is 0 Å². The van der Waals surface area contributed by atoms with Gasteiger partial charge in [-0.3, -0.25) is 4.90 Å². The van der Waals surface area contributed by atoms with Crippen LogP contribution in [0.4, 0.5) is 0 Å². The maximum Gasteiger partial charge on any atom is 0.0622 e. The SMILES string of the molecule is CCN(C1CCOC1)C1CCC(N)C1. The van der Waals surface area contributed by atoms with E-state index >= 15 is 0 Å². The molecule has 0 bridgehead atoms. The lowest BCUT2D eigenvalue weighted by molar-refractivity contribution is 0.114. The molecule has 2 aliphatic rings. The topological polar surface area (TPSA) is 38.5 Å². The highest BCUT2D eigenvalue weighted by atomic mass is 16.5. The van der Waals surface area contributed by atoms with Gasteiger partial charge in [0.1, 0.15) is 0 Å². The first-order valence-corrected chi connectivity index (χ1v) is 5.90. The highest BCUT2D eigenvalue weighted by Gasteiger charge is 2.32. The van der Waals surface area contributed by atoms with Crippen molar-refractivity contribution in [2.24, 2.45) is 5.73 Å². The maximum atomic E-state index is 5.96. The van der Waals surface area contributed by atoms with Crippen LogP contribution in [-0.2, 0) is 4.74 Å². The molecule has 3 nitrogen and oxygen atoms in total. The summed E-state index contributed by atoms with van der Waals surface area (Å²) in [5.41, 5.74) is 5.96. The molecule has 1 aliphatic carbocycles. The molecule has 0 aromatic carbocycles. The second-order valence-electron chi connectivity index (χ2n) is 4.57. The molecule has 2 rings (SSSR count). The Morgan fingerprint density at radius 1 is 1.29 bits per heavy atom. The number of hydrogen-bond donors (Lipinski definition) is 1. The number of hydrogen-bond acceptors (Lipinski definition) is 3. The van der Waals surface area contributed by atoms with Crippen molar-refractivity contribution < 1.29 is 4.74 Å². The highest BCUT2D eigenvalue weighted by Crippen LogP contribution is 2.26.